The lowest BCUT2D eigenvalue weighted by atomic mass is 9.85. The largest absolute Gasteiger partial charge is 0.480 e. The fourth-order valence-electron chi connectivity index (χ4n) is 3.87. The molecule has 3 aliphatic rings. The van der Waals surface area contributed by atoms with Gasteiger partial charge in [0.05, 0.1) is 13.2 Å². The third-order valence-electron chi connectivity index (χ3n) is 5.11. The molecule has 1 N–H and O–H groups in total. The van der Waals surface area contributed by atoms with Crippen LogP contribution < -0.4 is 0 Å². The van der Waals surface area contributed by atoms with Gasteiger partial charge >= 0.3 is 5.97 Å². The van der Waals surface area contributed by atoms with Crippen molar-refractivity contribution in [1.29, 1.82) is 0 Å². The zero-order chi connectivity index (χ0) is 14.1. The smallest absolute Gasteiger partial charge is 0.328 e. The van der Waals surface area contributed by atoms with Crippen LogP contribution in [0.15, 0.2) is 0 Å². The Morgan fingerprint density at radius 3 is 2.60 bits per heavy atom. The summed E-state index contributed by atoms with van der Waals surface area (Å²) in [7, 11) is 0. The fourth-order valence-corrected chi connectivity index (χ4v) is 3.87. The first-order valence-electron chi connectivity index (χ1n) is 7.79. The minimum atomic E-state index is -0.951. The fraction of sp³-hybridized carbons (Fsp3) is 0.867. The second kappa shape index (κ2) is 5.72. The van der Waals surface area contributed by atoms with Gasteiger partial charge < -0.3 is 14.7 Å². The summed E-state index contributed by atoms with van der Waals surface area (Å²) >= 11 is 0. The average Bonchev–Trinajstić information content (AvgIpc) is 3.28. The molecule has 0 aromatic rings. The summed E-state index contributed by atoms with van der Waals surface area (Å²) in [5, 5.41) is 9.20. The quantitative estimate of drug-likeness (QED) is 0.851. The molecule has 1 heterocycles. The number of carbonyl (C=O) groups is 2. The van der Waals surface area contributed by atoms with Crippen LogP contribution in [0.3, 0.4) is 0 Å². The van der Waals surface area contributed by atoms with Crippen LogP contribution in [0.2, 0.25) is 0 Å². The lowest BCUT2D eigenvalue weighted by Gasteiger charge is -2.33. The van der Waals surface area contributed by atoms with Gasteiger partial charge in [-0.3, -0.25) is 4.79 Å². The number of morpholine rings is 1. The van der Waals surface area contributed by atoms with Gasteiger partial charge in [-0.15, -0.1) is 0 Å². The maximum absolute atomic E-state index is 12.5. The Morgan fingerprint density at radius 1 is 1.15 bits per heavy atom. The molecule has 0 spiro atoms. The SMILES string of the molecule is O=C(O)[C@@H]1COCCN1C(=O)[C@@H]1C[C@@H]1C1CCCCC1. The summed E-state index contributed by atoms with van der Waals surface area (Å²) in [6.45, 7) is 1.00. The molecule has 5 heteroatoms. The summed E-state index contributed by atoms with van der Waals surface area (Å²) in [4.78, 5) is 25.3. The molecule has 2 aliphatic carbocycles. The molecule has 5 nitrogen and oxygen atoms in total. The summed E-state index contributed by atoms with van der Waals surface area (Å²) < 4.78 is 5.19. The first kappa shape index (κ1) is 13.9. The van der Waals surface area contributed by atoms with Gasteiger partial charge in [-0.05, 0) is 18.3 Å². The van der Waals surface area contributed by atoms with Gasteiger partial charge in [0.15, 0.2) is 6.04 Å². The number of aliphatic carboxylic acids is 1. The Labute approximate surface area is 119 Å². The number of hydrogen-bond acceptors (Lipinski definition) is 3. The Kier molecular flexibility index (Phi) is 3.96. The molecular weight excluding hydrogens is 258 g/mol. The molecule has 3 atom stereocenters. The second-order valence-electron chi connectivity index (χ2n) is 6.36. The highest BCUT2D eigenvalue weighted by Crippen LogP contribution is 2.50. The lowest BCUT2D eigenvalue weighted by Crippen LogP contribution is -2.53. The normalized spacial score (nSPS) is 34.8. The van der Waals surface area contributed by atoms with E-state index in [0.717, 1.165) is 6.42 Å². The van der Waals surface area contributed by atoms with Crippen LogP contribution in [-0.2, 0) is 14.3 Å². The zero-order valence-corrected chi connectivity index (χ0v) is 11.8. The zero-order valence-electron chi connectivity index (χ0n) is 11.8. The van der Waals surface area contributed by atoms with Crippen LogP contribution in [0.4, 0.5) is 0 Å². The first-order valence-corrected chi connectivity index (χ1v) is 7.79. The van der Waals surface area contributed by atoms with Crippen molar-refractivity contribution in [3.8, 4) is 0 Å². The molecule has 112 valence electrons. The van der Waals surface area contributed by atoms with E-state index in [1.165, 1.54) is 32.1 Å². The van der Waals surface area contributed by atoms with Crippen molar-refractivity contribution in [3.05, 3.63) is 0 Å². The van der Waals surface area contributed by atoms with Gasteiger partial charge in [-0.25, -0.2) is 4.79 Å². The van der Waals surface area contributed by atoms with E-state index in [2.05, 4.69) is 0 Å². The summed E-state index contributed by atoms with van der Waals surface area (Å²) in [6, 6.07) is -0.788. The van der Waals surface area contributed by atoms with Gasteiger partial charge in [0.1, 0.15) is 0 Å². The molecular formula is C15H23NO4. The number of carbonyl (C=O) groups excluding carboxylic acids is 1. The van der Waals surface area contributed by atoms with E-state index in [-0.39, 0.29) is 18.4 Å². The minimum Gasteiger partial charge on any atom is -0.480 e. The number of ether oxygens (including phenoxy) is 1. The Morgan fingerprint density at radius 2 is 1.90 bits per heavy atom. The van der Waals surface area contributed by atoms with E-state index < -0.39 is 12.0 Å². The molecule has 3 fully saturated rings. The number of carboxylic acids is 1. The van der Waals surface area contributed by atoms with Crippen molar-refractivity contribution >= 4 is 11.9 Å². The molecule has 20 heavy (non-hydrogen) atoms. The van der Waals surface area contributed by atoms with Crippen molar-refractivity contribution in [2.75, 3.05) is 19.8 Å². The predicted octanol–water partition coefficient (Wildman–Crippen LogP) is 1.51. The summed E-state index contributed by atoms with van der Waals surface area (Å²) in [5.74, 6) is 0.393. The van der Waals surface area contributed by atoms with Crippen molar-refractivity contribution < 1.29 is 19.4 Å². The van der Waals surface area contributed by atoms with Gasteiger partial charge in [-0.2, -0.15) is 0 Å². The highest BCUT2D eigenvalue weighted by Gasteiger charge is 2.50. The number of nitrogens with zero attached hydrogens (tertiary/aromatic N) is 1. The third-order valence-corrected chi connectivity index (χ3v) is 5.11. The van der Waals surface area contributed by atoms with E-state index in [1.54, 1.807) is 4.90 Å². The van der Waals surface area contributed by atoms with Gasteiger partial charge in [0, 0.05) is 12.5 Å². The Bertz CT molecular complexity index is 391. The minimum absolute atomic E-state index is 0.0521. The van der Waals surface area contributed by atoms with Crippen LogP contribution >= 0.6 is 0 Å². The number of hydrogen-bond donors (Lipinski definition) is 1. The van der Waals surface area contributed by atoms with Crippen LogP contribution in [0.1, 0.15) is 38.5 Å². The lowest BCUT2D eigenvalue weighted by molar-refractivity contribution is -0.159. The number of amides is 1. The molecule has 1 saturated heterocycles. The van der Waals surface area contributed by atoms with Crippen LogP contribution in [0.25, 0.3) is 0 Å². The van der Waals surface area contributed by atoms with Gasteiger partial charge in [-0.1, -0.05) is 32.1 Å². The van der Waals surface area contributed by atoms with Crippen molar-refractivity contribution in [2.24, 2.45) is 17.8 Å². The third kappa shape index (κ3) is 2.68. The molecule has 1 amide bonds. The van der Waals surface area contributed by atoms with E-state index in [1.807, 2.05) is 0 Å². The van der Waals surface area contributed by atoms with Crippen molar-refractivity contribution in [3.63, 3.8) is 0 Å². The van der Waals surface area contributed by atoms with Crippen LogP contribution in [0, 0.1) is 17.8 Å². The molecule has 0 aromatic heterocycles. The van der Waals surface area contributed by atoms with E-state index in [0.29, 0.717) is 25.0 Å². The standard InChI is InChI=1S/C15H23NO4/c17-14(16-6-7-20-9-13(16)15(18)19)12-8-11(12)10-4-2-1-3-5-10/h10-13H,1-9H2,(H,18,19)/t11-,12-,13+/m1/s1. The summed E-state index contributed by atoms with van der Waals surface area (Å²) in [6.07, 6.45) is 7.37. The highest BCUT2D eigenvalue weighted by molar-refractivity contribution is 5.87. The first-order chi connectivity index (χ1) is 9.68. The van der Waals surface area contributed by atoms with Crippen molar-refractivity contribution in [2.45, 2.75) is 44.6 Å². The average molecular weight is 281 g/mol. The predicted molar refractivity (Wildman–Crippen MR) is 72.1 cm³/mol. The maximum atomic E-state index is 12.5. The Balaban J connectivity index is 1.60. The maximum Gasteiger partial charge on any atom is 0.328 e. The molecule has 0 radical (unpaired) electrons. The Hall–Kier alpha value is -1.10. The van der Waals surface area contributed by atoms with Crippen LogP contribution in [0.5, 0.6) is 0 Å². The topological polar surface area (TPSA) is 66.8 Å². The van der Waals surface area contributed by atoms with Crippen LogP contribution in [-0.4, -0.2) is 47.7 Å². The monoisotopic (exact) mass is 281 g/mol. The molecule has 0 bridgehead atoms. The number of rotatable bonds is 3. The van der Waals surface area contributed by atoms with Crippen molar-refractivity contribution in [1.82, 2.24) is 4.90 Å². The van der Waals surface area contributed by atoms with E-state index >= 15 is 0 Å². The summed E-state index contributed by atoms with van der Waals surface area (Å²) in [5.41, 5.74) is 0. The molecule has 3 rings (SSSR count). The molecule has 0 aromatic carbocycles. The van der Waals surface area contributed by atoms with Gasteiger partial charge in [0.25, 0.3) is 0 Å². The van der Waals surface area contributed by atoms with Gasteiger partial charge in [0.2, 0.25) is 5.91 Å². The number of carboxylic acid groups (broad SMARTS) is 1. The second-order valence-corrected chi connectivity index (χ2v) is 6.36. The van der Waals surface area contributed by atoms with E-state index in [9.17, 15) is 14.7 Å². The highest BCUT2D eigenvalue weighted by atomic mass is 16.5. The molecule has 2 saturated carbocycles. The molecule has 1 aliphatic heterocycles. The van der Waals surface area contributed by atoms with E-state index in [4.69, 9.17) is 4.74 Å². The molecule has 0 unspecified atom stereocenters.